The number of pyridine rings is 1. The van der Waals surface area contributed by atoms with Gasteiger partial charge in [-0.1, -0.05) is 0 Å². The van der Waals surface area contributed by atoms with Crippen molar-refractivity contribution in [2.45, 2.75) is 19.0 Å². The number of aryl methyl sites for hydroxylation is 1. The third-order valence-corrected chi connectivity index (χ3v) is 5.15. The van der Waals surface area contributed by atoms with E-state index in [9.17, 15) is 9.59 Å². The van der Waals surface area contributed by atoms with Gasteiger partial charge in [0.05, 0.1) is 24.9 Å². The van der Waals surface area contributed by atoms with Crippen molar-refractivity contribution in [2.24, 2.45) is 0 Å². The molecule has 28 heavy (non-hydrogen) atoms. The highest BCUT2D eigenvalue weighted by Gasteiger charge is 2.33. The van der Waals surface area contributed by atoms with Crippen molar-refractivity contribution in [3.05, 3.63) is 58.1 Å². The zero-order valence-electron chi connectivity index (χ0n) is 15.0. The molecule has 0 aliphatic carbocycles. The summed E-state index contributed by atoms with van der Waals surface area (Å²) in [7, 11) is 0. The van der Waals surface area contributed by atoms with Gasteiger partial charge in [0.15, 0.2) is 5.13 Å². The van der Waals surface area contributed by atoms with Crippen molar-refractivity contribution in [1.82, 2.24) is 25.1 Å². The van der Waals surface area contributed by atoms with E-state index in [2.05, 4.69) is 25.7 Å². The molecular formula is C18H18N6O3S. The minimum absolute atomic E-state index is 0.254. The third-order valence-electron chi connectivity index (χ3n) is 4.32. The number of carbonyl (C=O) groups is 1. The van der Waals surface area contributed by atoms with Crippen LogP contribution in [0.3, 0.4) is 0 Å². The lowest BCUT2D eigenvalue weighted by Crippen LogP contribution is -2.45. The Hall–Kier alpha value is -3.11. The summed E-state index contributed by atoms with van der Waals surface area (Å²) in [5.74, 6) is 0. The molecule has 1 aliphatic rings. The summed E-state index contributed by atoms with van der Waals surface area (Å²) in [6.45, 7) is 2.49. The Labute approximate surface area is 164 Å². The molecule has 10 heteroatoms. The van der Waals surface area contributed by atoms with E-state index in [4.69, 9.17) is 4.74 Å². The SMILES string of the molecule is Cc1cnc(NC(=O)NC2COCC2n2nc(-c3ccncc3)ccc2=O)s1. The maximum atomic E-state index is 12.4. The average Bonchev–Trinajstić information content (AvgIpc) is 3.31. The van der Waals surface area contributed by atoms with Crippen LogP contribution >= 0.6 is 11.3 Å². The fourth-order valence-corrected chi connectivity index (χ4v) is 3.64. The van der Waals surface area contributed by atoms with Crippen molar-refractivity contribution in [3.63, 3.8) is 0 Å². The van der Waals surface area contributed by atoms with Crippen LogP contribution in [0.25, 0.3) is 11.3 Å². The maximum absolute atomic E-state index is 12.4. The highest BCUT2D eigenvalue weighted by atomic mass is 32.1. The van der Waals surface area contributed by atoms with Crippen molar-refractivity contribution < 1.29 is 9.53 Å². The standard InChI is InChI=1S/C18H18N6O3S/c1-11-8-20-18(28-11)22-17(26)21-14-9-27-10-15(14)24-16(25)3-2-13(23-24)12-4-6-19-7-5-12/h2-8,14-15H,9-10H2,1H3,(H2,20,21,22,26). The van der Waals surface area contributed by atoms with Crippen LogP contribution in [0.5, 0.6) is 0 Å². The minimum Gasteiger partial charge on any atom is -0.377 e. The number of nitrogens with one attached hydrogen (secondary N) is 2. The predicted molar refractivity (Wildman–Crippen MR) is 104 cm³/mol. The topological polar surface area (TPSA) is 111 Å². The molecule has 0 bridgehead atoms. The molecule has 3 aromatic heterocycles. The van der Waals surface area contributed by atoms with E-state index >= 15 is 0 Å². The number of hydrogen-bond acceptors (Lipinski definition) is 7. The van der Waals surface area contributed by atoms with E-state index in [1.165, 1.54) is 22.1 Å². The molecule has 3 aromatic rings. The van der Waals surface area contributed by atoms with Crippen LogP contribution < -0.4 is 16.2 Å². The quantitative estimate of drug-likeness (QED) is 0.694. The highest BCUT2D eigenvalue weighted by molar-refractivity contribution is 7.15. The molecule has 9 nitrogen and oxygen atoms in total. The first-order valence-electron chi connectivity index (χ1n) is 8.68. The molecule has 4 heterocycles. The van der Waals surface area contributed by atoms with Crippen LogP contribution in [0, 0.1) is 6.92 Å². The summed E-state index contributed by atoms with van der Waals surface area (Å²) < 4.78 is 6.89. The van der Waals surface area contributed by atoms with E-state index in [-0.39, 0.29) is 18.2 Å². The summed E-state index contributed by atoms with van der Waals surface area (Å²) in [6, 6.07) is 5.59. The van der Waals surface area contributed by atoms with E-state index in [0.717, 1.165) is 10.4 Å². The molecule has 1 fully saturated rings. The molecule has 0 saturated carbocycles. The Kier molecular flexibility index (Phi) is 5.13. The van der Waals surface area contributed by atoms with Gasteiger partial charge in [0.1, 0.15) is 6.04 Å². The van der Waals surface area contributed by atoms with Crippen LogP contribution in [0.2, 0.25) is 0 Å². The van der Waals surface area contributed by atoms with Gasteiger partial charge in [-0.15, -0.1) is 11.3 Å². The molecule has 144 valence electrons. The van der Waals surface area contributed by atoms with Gasteiger partial charge in [-0.25, -0.2) is 14.5 Å². The largest absolute Gasteiger partial charge is 0.377 e. The fourth-order valence-electron chi connectivity index (χ4n) is 2.98. The minimum atomic E-state index is -0.405. The number of hydrogen-bond donors (Lipinski definition) is 2. The number of thiazole rings is 1. The second-order valence-electron chi connectivity index (χ2n) is 6.32. The number of rotatable bonds is 4. The molecule has 0 aromatic carbocycles. The van der Waals surface area contributed by atoms with Crippen molar-refractivity contribution in [2.75, 3.05) is 18.5 Å². The third kappa shape index (κ3) is 3.92. The van der Waals surface area contributed by atoms with Gasteiger partial charge >= 0.3 is 6.03 Å². The van der Waals surface area contributed by atoms with Crippen LogP contribution in [-0.2, 0) is 4.74 Å². The van der Waals surface area contributed by atoms with E-state index in [0.29, 0.717) is 17.4 Å². The summed E-state index contributed by atoms with van der Waals surface area (Å²) >= 11 is 1.39. The van der Waals surface area contributed by atoms with Gasteiger partial charge in [0.25, 0.3) is 5.56 Å². The lowest BCUT2D eigenvalue weighted by molar-refractivity contribution is 0.181. The van der Waals surface area contributed by atoms with Crippen LogP contribution in [0.1, 0.15) is 10.9 Å². The molecular weight excluding hydrogens is 380 g/mol. The molecule has 2 atom stereocenters. The first kappa shape index (κ1) is 18.3. The highest BCUT2D eigenvalue weighted by Crippen LogP contribution is 2.21. The molecule has 1 saturated heterocycles. The van der Waals surface area contributed by atoms with Gasteiger partial charge in [0, 0.05) is 35.1 Å². The predicted octanol–water partition coefficient (Wildman–Crippen LogP) is 1.83. The molecule has 2 unspecified atom stereocenters. The van der Waals surface area contributed by atoms with Crippen LogP contribution in [0.15, 0.2) is 47.7 Å². The number of aromatic nitrogens is 4. The van der Waals surface area contributed by atoms with E-state index < -0.39 is 12.1 Å². The molecule has 2 N–H and O–H groups in total. The Morgan fingerprint density at radius 1 is 1.25 bits per heavy atom. The number of anilines is 1. The number of ether oxygens (including phenoxy) is 1. The number of urea groups is 1. The molecule has 0 spiro atoms. The van der Waals surface area contributed by atoms with Gasteiger partial charge < -0.3 is 10.1 Å². The average molecular weight is 398 g/mol. The lowest BCUT2D eigenvalue weighted by atomic mass is 10.1. The first-order chi connectivity index (χ1) is 13.6. The monoisotopic (exact) mass is 398 g/mol. The maximum Gasteiger partial charge on any atom is 0.321 e. The molecule has 0 radical (unpaired) electrons. The van der Waals surface area contributed by atoms with Gasteiger partial charge in [0.2, 0.25) is 0 Å². The van der Waals surface area contributed by atoms with Gasteiger partial charge in [-0.3, -0.25) is 15.1 Å². The molecule has 4 rings (SSSR count). The summed E-state index contributed by atoms with van der Waals surface area (Å²) in [5, 5.41) is 10.6. The smallest absolute Gasteiger partial charge is 0.321 e. The first-order valence-corrected chi connectivity index (χ1v) is 9.50. The molecule has 1 aliphatic heterocycles. The Bertz CT molecular complexity index is 1040. The fraction of sp³-hybridized carbons (Fsp3) is 0.278. The van der Waals surface area contributed by atoms with Crippen LogP contribution in [-0.4, -0.2) is 45.0 Å². The van der Waals surface area contributed by atoms with E-state index in [1.54, 1.807) is 24.7 Å². The zero-order valence-corrected chi connectivity index (χ0v) is 15.8. The second-order valence-corrected chi connectivity index (χ2v) is 7.56. The number of carbonyl (C=O) groups excluding carboxylic acids is 1. The Balaban J connectivity index is 1.53. The Morgan fingerprint density at radius 3 is 2.82 bits per heavy atom. The Morgan fingerprint density at radius 2 is 2.07 bits per heavy atom. The normalized spacial score (nSPS) is 18.8. The summed E-state index contributed by atoms with van der Waals surface area (Å²) in [4.78, 5) is 33.8. The van der Waals surface area contributed by atoms with Crippen molar-refractivity contribution in [1.29, 1.82) is 0 Å². The van der Waals surface area contributed by atoms with Crippen molar-refractivity contribution in [3.8, 4) is 11.3 Å². The number of amides is 2. The summed E-state index contributed by atoms with van der Waals surface area (Å²) in [5.41, 5.74) is 1.25. The van der Waals surface area contributed by atoms with Gasteiger partial charge in [-0.2, -0.15) is 5.10 Å². The molecule has 2 amide bonds. The van der Waals surface area contributed by atoms with Gasteiger partial charge in [-0.05, 0) is 25.1 Å². The van der Waals surface area contributed by atoms with Crippen LogP contribution in [0.4, 0.5) is 9.93 Å². The van der Waals surface area contributed by atoms with Crippen molar-refractivity contribution >= 4 is 22.5 Å². The zero-order chi connectivity index (χ0) is 19.5. The summed E-state index contributed by atoms with van der Waals surface area (Å²) in [6.07, 6.45) is 5.02. The number of nitrogens with zero attached hydrogens (tertiary/aromatic N) is 4. The van der Waals surface area contributed by atoms with E-state index in [1.807, 2.05) is 19.1 Å². The lowest BCUT2D eigenvalue weighted by Gasteiger charge is -2.20. The second kappa shape index (κ2) is 7.87.